The van der Waals surface area contributed by atoms with Crippen LogP contribution in [-0.4, -0.2) is 34.2 Å². The molecule has 0 aliphatic carbocycles. The van der Waals surface area contributed by atoms with Gasteiger partial charge in [0.1, 0.15) is 0 Å². The summed E-state index contributed by atoms with van der Waals surface area (Å²) in [6.45, 7) is 5.27. The number of hydrogen-bond acceptors (Lipinski definition) is 2. The molecule has 16 heavy (non-hydrogen) atoms. The number of aryl methyl sites for hydroxylation is 1. The lowest BCUT2D eigenvalue weighted by molar-refractivity contribution is 0.328. The standard InChI is InChI=1S/C11H15O2Si3/c1-9-5-3-6-11(10(9)2)14-13-16-8-4-7-12-15-16/h3,5-6H,4,7-8H2,1-2H3. The molecule has 2 rings (SSSR count). The van der Waals surface area contributed by atoms with E-state index in [1.165, 1.54) is 28.8 Å². The maximum Gasteiger partial charge on any atom is 0.256 e. The van der Waals surface area contributed by atoms with Crippen LogP contribution in [0.3, 0.4) is 0 Å². The van der Waals surface area contributed by atoms with Crippen molar-refractivity contribution in [2.24, 2.45) is 0 Å². The molecule has 0 bridgehead atoms. The third-order valence-electron chi connectivity index (χ3n) is 2.73. The van der Waals surface area contributed by atoms with E-state index in [2.05, 4.69) is 32.0 Å². The fraction of sp³-hybridized carbons (Fsp3) is 0.455. The van der Waals surface area contributed by atoms with Crippen LogP contribution in [0.4, 0.5) is 0 Å². The molecule has 1 heterocycles. The van der Waals surface area contributed by atoms with Crippen LogP contribution in [0.25, 0.3) is 0 Å². The van der Waals surface area contributed by atoms with Crippen molar-refractivity contribution in [3.05, 3.63) is 29.3 Å². The fourth-order valence-corrected chi connectivity index (χ4v) is 6.99. The summed E-state index contributed by atoms with van der Waals surface area (Å²) in [7, 11) is 0.471. The molecule has 0 amide bonds. The second-order valence-electron chi connectivity index (χ2n) is 3.93. The monoisotopic (exact) mass is 263 g/mol. The first-order chi connectivity index (χ1) is 7.77. The highest BCUT2D eigenvalue weighted by Crippen LogP contribution is 2.06. The molecular formula is C11H15O2Si3. The van der Waals surface area contributed by atoms with Gasteiger partial charge in [0.25, 0.3) is 9.76 Å². The van der Waals surface area contributed by atoms with Gasteiger partial charge in [-0.1, -0.05) is 18.2 Å². The Bertz CT molecular complexity index is 351. The Morgan fingerprint density at radius 2 is 2.31 bits per heavy atom. The minimum atomic E-state index is -0.657. The molecule has 0 N–H and O–H groups in total. The van der Waals surface area contributed by atoms with E-state index in [1.807, 2.05) is 0 Å². The lowest BCUT2D eigenvalue weighted by Gasteiger charge is -2.19. The molecule has 83 valence electrons. The Balaban J connectivity index is 1.91. The highest BCUT2D eigenvalue weighted by Gasteiger charge is 2.20. The zero-order valence-corrected chi connectivity index (χ0v) is 12.7. The van der Waals surface area contributed by atoms with Gasteiger partial charge >= 0.3 is 0 Å². The van der Waals surface area contributed by atoms with Gasteiger partial charge in [0.2, 0.25) is 17.8 Å². The highest BCUT2D eigenvalue weighted by atomic mass is 29.2. The molecule has 1 fully saturated rings. The van der Waals surface area contributed by atoms with Crippen LogP contribution >= 0.6 is 0 Å². The van der Waals surface area contributed by atoms with Crippen LogP contribution in [0, 0.1) is 13.8 Å². The molecule has 1 aromatic rings. The average Bonchev–Trinajstić information content (AvgIpc) is 2.32. The molecule has 0 atom stereocenters. The van der Waals surface area contributed by atoms with Gasteiger partial charge in [-0.15, -0.1) is 0 Å². The molecule has 1 aliphatic rings. The van der Waals surface area contributed by atoms with E-state index in [0.29, 0.717) is 19.0 Å². The molecule has 5 heteroatoms. The van der Waals surface area contributed by atoms with Gasteiger partial charge in [0, 0.05) is 6.61 Å². The molecule has 0 unspecified atom stereocenters. The maximum absolute atomic E-state index is 6.02. The molecule has 1 aliphatic heterocycles. The second-order valence-corrected chi connectivity index (χ2v) is 9.61. The Morgan fingerprint density at radius 3 is 3.06 bits per heavy atom. The van der Waals surface area contributed by atoms with E-state index in [1.54, 1.807) is 0 Å². The van der Waals surface area contributed by atoms with Crippen LogP contribution < -0.4 is 5.19 Å². The Kier molecular flexibility index (Phi) is 4.54. The van der Waals surface area contributed by atoms with Crippen molar-refractivity contribution in [2.75, 3.05) is 6.61 Å². The number of hydrogen-bond donors (Lipinski definition) is 0. The summed E-state index contributed by atoms with van der Waals surface area (Å²) in [5.41, 5.74) is 2.73. The predicted octanol–water partition coefficient (Wildman–Crippen LogP) is 1.09. The van der Waals surface area contributed by atoms with E-state index >= 15 is 0 Å². The van der Waals surface area contributed by atoms with E-state index in [4.69, 9.17) is 8.54 Å². The van der Waals surface area contributed by atoms with Crippen molar-refractivity contribution in [3.63, 3.8) is 0 Å². The average molecular weight is 263 g/mol. The van der Waals surface area contributed by atoms with Gasteiger partial charge in [-0.05, 0) is 42.6 Å². The molecule has 2 nitrogen and oxygen atoms in total. The highest BCUT2D eigenvalue weighted by molar-refractivity contribution is 7.08. The van der Waals surface area contributed by atoms with Crippen LogP contribution in [0.5, 0.6) is 0 Å². The van der Waals surface area contributed by atoms with Crippen molar-refractivity contribution in [2.45, 2.75) is 26.3 Å². The van der Waals surface area contributed by atoms with Gasteiger partial charge < -0.3 is 8.54 Å². The number of rotatable bonds is 3. The smallest absolute Gasteiger partial charge is 0.256 e. The van der Waals surface area contributed by atoms with Gasteiger partial charge in [0.05, 0.1) is 0 Å². The summed E-state index contributed by atoms with van der Waals surface area (Å²) in [6, 6.07) is 7.70. The summed E-state index contributed by atoms with van der Waals surface area (Å²) in [6.07, 6.45) is 1.18. The first kappa shape index (κ1) is 12.3. The van der Waals surface area contributed by atoms with E-state index in [-0.39, 0.29) is 0 Å². The Labute approximate surface area is 104 Å². The maximum atomic E-state index is 6.02. The topological polar surface area (TPSA) is 18.5 Å². The summed E-state index contributed by atoms with van der Waals surface area (Å²) >= 11 is 0. The fourth-order valence-electron chi connectivity index (χ4n) is 1.54. The van der Waals surface area contributed by atoms with Crippen molar-refractivity contribution in [3.8, 4) is 0 Å². The minimum absolute atomic E-state index is 0.503. The Hall–Kier alpha value is -0.209. The Morgan fingerprint density at radius 1 is 1.44 bits per heavy atom. The van der Waals surface area contributed by atoms with Gasteiger partial charge in [-0.2, -0.15) is 0 Å². The number of benzene rings is 1. The predicted molar refractivity (Wildman–Crippen MR) is 69.3 cm³/mol. The van der Waals surface area contributed by atoms with E-state index < -0.39 is 8.56 Å². The third kappa shape index (κ3) is 3.14. The molecule has 0 saturated carbocycles. The molecular weight excluding hydrogens is 248 g/mol. The van der Waals surface area contributed by atoms with Gasteiger partial charge in [-0.3, -0.25) is 0 Å². The zero-order valence-electron chi connectivity index (χ0n) is 9.67. The van der Waals surface area contributed by atoms with Crippen molar-refractivity contribution in [1.82, 2.24) is 0 Å². The minimum Gasteiger partial charge on any atom is -0.453 e. The molecule has 1 saturated heterocycles. The quantitative estimate of drug-likeness (QED) is 0.760. The van der Waals surface area contributed by atoms with Gasteiger partial charge in [0.15, 0.2) is 0 Å². The molecule has 0 spiro atoms. The summed E-state index contributed by atoms with van der Waals surface area (Å²) in [5, 5.41) is 1.35. The van der Waals surface area contributed by atoms with E-state index in [9.17, 15) is 0 Å². The third-order valence-corrected chi connectivity index (χ3v) is 9.05. The SMILES string of the molecule is Cc1cccc([Si]O[Si]2CCCO[Si]2)c1C. The van der Waals surface area contributed by atoms with Crippen molar-refractivity contribution >= 4 is 32.8 Å². The first-order valence-electron chi connectivity index (χ1n) is 5.50. The lowest BCUT2D eigenvalue weighted by atomic mass is 10.1. The zero-order chi connectivity index (χ0) is 11.4. The molecule has 0 aromatic heterocycles. The summed E-state index contributed by atoms with van der Waals surface area (Å²) < 4.78 is 11.5. The normalized spacial score (nSPS) is 17.6. The van der Waals surface area contributed by atoms with Crippen LogP contribution in [-0.2, 0) is 8.54 Å². The second kappa shape index (κ2) is 5.92. The van der Waals surface area contributed by atoms with Crippen LogP contribution in [0.15, 0.2) is 18.2 Å². The van der Waals surface area contributed by atoms with E-state index in [0.717, 1.165) is 6.61 Å². The molecule has 5 radical (unpaired) electrons. The summed E-state index contributed by atoms with van der Waals surface area (Å²) in [4.78, 5) is 0. The van der Waals surface area contributed by atoms with Crippen molar-refractivity contribution in [1.29, 1.82) is 0 Å². The largest absolute Gasteiger partial charge is 0.453 e. The van der Waals surface area contributed by atoms with Gasteiger partial charge in [-0.25, -0.2) is 0 Å². The van der Waals surface area contributed by atoms with Crippen LogP contribution in [0.2, 0.25) is 6.04 Å². The van der Waals surface area contributed by atoms with Crippen LogP contribution in [0.1, 0.15) is 17.5 Å². The van der Waals surface area contributed by atoms with Crippen molar-refractivity contribution < 1.29 is 8.54 Å². The lowest BCUT2D eigenvalue weighted by Crippen LogP contribution is -2.37. The summed E-state index contributed by atoms with van der Waals surface area (Å²) in [5.74, 6) is 0. The first-order valence-corrected chi connectivity index (χ1v) is 9.93. The molecule has 1 aromatic carbocycles.